The van der Waals surface area contributed by atoms with Crippen molar-refractivity contribution >= 4 is 16.7 Å². The summed E-state index contributed by atoms with van der Waals surface area (Å²) in [6.07, 6.45) is 1.82. The smallest absolute Gasteiger partial charge is 0.246 e. The summed E-state index contributed by atoms with van der Waals surface area (Å²) >= 11 is 0. The van der Waals surface area contributed by atoms with E-state index in [1.165, 1.54) is 5.39 Å². The average Bonchev–Trinajstić information content (AvgIpc) is 3.01. The Labute approximate surface area is 147 Å². The van der Waals surface area contributed by atoms with Crippen LogP contribution in [0.5, 0.6) is 0 Å². The maximum atomic E-state index is 11.9. The van der Waals surface area contributed by atoms with Gasteiger partial charge in [-0.25, -0.2) is 4.68 Å². The molecular weight excluding hydrogens is 314 g/mol. The van der Waals surface area contributed by atoms with Crippen molar-refractivity contribution in [3.63, 3.8) is 0 Å². The van der Waals surface area contributed by atoms with E-state index in [1.54, 1.807) is 0 Å². The molecule has 25 heavy (non-hydrogen) atoms. The summed E-state index contributed by atoms with van der Waals surface area (Å²) < 4.78 is 7.09. The molecule has 0 saturated carbocycles. The minimum Gasteiger partial charge on any atom is -0.372 e. The first-order valence-electron chi connectivity index (χ1n) is 8.51. The molecule has 3 aromatic rings. The number of nitrogens with zero attached hydrogens (tertiary/aromatic N) is 2. The number of carbonyl (C=O) groups excluding carboxylic acids is 1. The van der Waals surface area contributed by atoms with Crippen LogP contribution in [0.2, 0.25) is 0 Å². The van der Waals surface area contributed by atoms with Crippen LogP contribution in [-0.2, 0) is 9.53 Å². The number of benzene rings is 2. The summed E-state index contributed by atoms with van der Waals surface area (Å²) in [6.45, 7) is 6.46. The quantitative estimate of drug-likeness (QED) is 0.748. The van der Waals surface area contributed by atoms with Gasteiger partial charge >= 0.3 is 0 Å². The van der Waals surface area contributed by atoms with Crippen molar-refractivity contribution in [3.05, 3.63) is 59.9 Å². The normalized spacial score (nSPS) is 12.3. The van der Waals surface area contributed by atoms with Gasteiger partial charge in [-0.2, -0.15) is 5.10 Å². The average molecular weight is 337 g/mol. The Hall–Kier alpha value is -2.66. The summed E-state index contributed by atoms with van der Waals surface area (Å²) in [7, 11) is 0. The van der Waals surface area contributed by atoms with E-state index in [1.807, 2.05) is 49.8 Å². The zero-order valence-electron chi connectivity index (χ0n) is 14.8. The van der Waals surface area contributed by atoms with Gasteiger partial charge < -0.3 is 10.1 Å². The predicted molar refractivity (Wildman–Crippen MR) is 98.9 cm³/mol. The van der Waals surface area contributed by atoms with Crippen LogP contribution in [0.25, 0.3) is 16.5 Å². The number of amides is 1. The molecule has 1 heterocycles. The van der Waals surface area contributed by atoms with Crippen LogP contribution in [-0.4, -0.2) is 28.9 Å². The standard InChI is InChI=1S/C20H23N3O2/c1-4-25-13-20(24)22-14(2)18-12-21-23(15(18)3)19-11-7-9-16-8-5-6-10-17(16)19/h5-12,14H,4,13H2,1-3H3,(H,22,24)/t14-/m0/s1. The van der Waals surface area contributed by atoms with E-state index in [9.17, 15) is 4.79 Å². The molecule has 1 atom stereocenters. The molecule has 0 unspecified atom stereocenters. The van der Waals surface area contributed by atoms with E-state index in [4.69, 9.17) is 4.74 Å². The van der Waals surface area contributed by atoms with Gasteiger partial charge in [0.25, 0.3) is 0 Å². The van der Waals surface area contributed by atoms with E-state index in [2.05, 4.69) is 34.7 Å². The number of aromatic nitrogens is 2. The van der Waals surface area contributed by atoms with Crippen LogP contribution in [0, 0.1) is 6.92 Å². The predicted octanol–water partition coefficient (Wildman–Crippen LogP) is 3.55. The number of ether oxygens (including phenoxy) is 1. The minimum atomic E-state index is -0.128. The molecule has 1 N–H and O–H groups in total. The first-order chi connectivity index (χ1) is 12.1. The van der Waals surface area contributed by atoms with Crippen LogP contribution in [0.3, 0.4) is 0 Å². The molecule has 0 aliphatic heterocycles. The number of hydrogen-bond acceptors (Lipinski definition) is 3. The summed E-state index contributed by atoms with van der Waals surface area (Å²) in [4.78, 5) is 11.9. The van der Waals surface area contributed by atoms with Gasteiger partial charge in [-0.1, -0.05) is 36.4 Å². The highest BCUT2D eigenvalue weighted by molar-refractivity contribution is 5.90. The zero-order valence-corrected chi connectivity index (χ0v) is 14.8. The summed E-state index contributed by atoms with van der Waals surface area (Å²) in [6, 6.07) is 14.3. The fraction of sp³-hybridized carbons (Fsp3) is 0.300. The van der Waals surface area contributed by atoms with Gasteiger partial charge in [0.15, 0.2) is 0 Å². The largest absolute Gasteiger partial charge is 0.372 e. The number of nitrogens with one attached hydrogen (secondary N) is 1. The van der Waals surface area contributed by atoms with Crippen LogP contribution < -0.4 is 5.32 Å². The summed E-state index contributed by atoms with van der Waals surface area (Å²) in [5.41, 5.74) is 3.05. The fourth-order valence-electron chi connectivity index (χ4n) is 3.04. The van der Waals surface area contributed by atoms with E-state index < -0.39 is 0 Å². The molecule has 2 aromatic carbocycles. The van der Waals surface area contributed by atoms with Gasteiger partial charge in [-0.15, -0.1) is 0 Å². The Morgan fingerprint density at radius 2 is 2.00 bits per heavy atom. The fourth-order valence-corrected chi connectivity index (χ4v) is 3.04. The Morgan fingerprint density at radius 3 is 2.80 bits per heavy atom. The summed E-state index contributed by atoms with van der Waals surface area (Å²) in [5, 5.41) is 9.84. The highest BCUT2D eigenvalue weighted by Crippen LogP contribution is 2.25. The Kier molecular flexibility index (Phi) is 5.14. The number of rotatable bonds is 6. The van der Waals surface area contributed by atoms with Gasteiger partial charge in [-0.3, -0.25) is 4.79 Å². The number of carbonyl (C=O) groups is 1. The summed E-state index contributed by atoms with van der Waals surface area (Å²) in [5.74, 6) is -0.119. The molecule has 0 aliphatic rings. The molecule has 1 aromatic heterocycles. The lowest BCUT2D eigenvalue weighted by Crippen LogP contribution is -2.30. The van der Waals surface area contributed by atoms with Gasteiger partial charge in [0, 0.05) is 23.3 Å². The van der Waals surface area contributed by atoms with Gasteiger partial charge in [0.2, 0.25) is 5.91 Å². The molecular formula is C20H23N3O2. The second kappa shape index (κ2) is 7.49. The molecule has 5 heteroatoms. The van der Waals surface area contributed by atoms with Crippen molar-refractivity contribution in [2.75, 3.05) is 13.2 Å². The number of fused-ring (bicyclic) bond motifs is 1. The zero-order chi connectivity index (χ0) is 17.8. The highest BCUT2D eigenvalue weighted by Gasteiger charge is 2.17. The third kappa shape index (κ3) is 3.56. The molecule has 1 amide bonds. The van der Waals surface area contributed by atoms with E-state index in [0.717, 1.165) is 22.3 Å². The molecule has 0 spiro atoms. The van der Waals surface area contributed by atoms with Crippen LogP contribution in [0.4, 0.5) is 0 Å². The lowest BCUT2D eigenvalue weighted by Gasteiger charge is -2.14. The molecule has 0 radical (unpaired) electrons. The Bertz CT molecular complexity index is 880. The Morgan fingerprint density at radius 1 is 1.24 bits per heavy atom. The third-order valence-corrected chi connectivity index (χ3v) is 4.32. The van der Waals surface area contributed by atoms with E-state index >= 15 is 0 Å². The molecule has 0 aliphatic carbocycles. The second-order valence-electron chi connectivity index (χ2n) is 6.02. The molecule has 0 saturated heterocycles. The molecule has 5 nitrogen and oxygen atoms in total. The maximum absolute atomic E-state index is 11.9. The van der Waals surface area contributed by atoms with Crippen molar-refractivity contribution in [1.29, 1.82) is 0 Å². The van der Waals surface area contributed by atoms with Crippen molar-refractivity contribution in [3.8, 4) is 5.69 Å². The van der Waals surface area contributed by atoms with Gasteiger partial charge in [-0.05, 0) is 32.2 Å². The SMILES string of the molecule is CCOCC(=O)N[C@@H](C)c1cnn(-c2cccc3ccccc23)c1C. The van der Waals surface area contributed by atoms with Crippen molar-refractivity contribution in [2.24, 2.45) is 0 Å². The van der Waals surface area contributed by atoms with Gasteiger partial charge in [0.05, 0.1) is 17.9 Å². The van der Waals surface area contributed by atoms with Gasteiger partial charge in [0.1, 0.15) is 6.61 Å². The lowest BCUT2D eigenvalue weighted by molar-refractivity contribution is -0.126. The first-order valence-corrected chi connectivity index (χ1v) is 8.51. The van der Waals surface area contributed by atoms with Crippen LogP contribution in [0.15, 0.2) is 48.7 Å². The van der Waals surface area contributed by atoms with Crippen molar-refractivity contribution < 1.29 is 9.53 Å². The molecule has 130 valence electrons. The van der Waals surface area contributed by atoms with Crippen LogP contribution >= 0.6 is 0 Å². The van der Waals surface area contributed by atoms with E-state index in [-0.39, 0.29) is 18.6 Å². The lowest BCUT2D eigenvalue weighted by atomic mass is 10.1. The highest BCUT2D eigenvalue weighted by atomic mass is 16.5. The first kappa shape index (κ1) is 17.2. The molecule has 3 rings (SSSR count). The Balaban J connectivity index is 1.89. The minimum absolute atomic E-state index is 0.0807. The topological polar surface area (TPSA) is 56.1 Å². The monoisotopic (exact) mass is 337 g/mol. The third-order valence-electron chi connectivity index (χ3n) is 4.32. The van der Waals surface area contributed by atoms with Crippen molar-refractivity contribution in [1.82, 2.24) is 15.1 Å². The van der Waals surface area contributed by atoms with E-state index in [0.29, 0.717) is 6.61 Å². The molecule has 0 fully saturated rings. The maximum Gasteiger partial charge on any atom is 0.246 e. The second-order valence-corrected chi connectivity index (χ2v) is 6.02. The molecule has 0 bridgehead atoms. The van der Waals surface area contributed by atoms with Crippen LogP contribution in [0.1, 0.15) is 31.1 Å². The van der Waals surface area contributed by atoms with Crippen molar-refractivity contribution in [2.45, 2.75) is 26.8 Å². The number of hydrogen-bond donors (Lipinski definition) is 1.